The van der Waals surface area contributed by atoms with Gasteiger partial charge >= 0.3 is 0 Å². The maximum atomic E-state index is 5.04. The number of hydrogen-bond donors (Lipinski definition) is 0. The van der Waals surface area contributed by atoms with Gasteiger partial charge in [-0.05, 0) is 18.6 Å². The zero-order valence-corrected chi connectivity index (χ0v) is 11.3. The van der Waals surface area contributed by atoms with Crippen molar-refractivity contribution in [1.29, 1.82) is 0 Å². The molecule has 0 bridgehead atoms. The highest BCUT2D eigenvalue weighted by Gasteiger charge is 2.02. The Morgan fingerprint density at radius 3 is 2.62 bits per heavy atom. The second kappa shape index (κ2) is 6.78. The van der Waals surface area contributed by atoms with Gasteiger partial charge < -0.3 is 9.47 Å². The SMILES string of the molecule is COC(CN=Cc1ccc(C)cc1Br)OC. The van der Waals surface area contributed by atoms with Crippen LogP contribution in [-0.4, -0.2) is 33.3 Å². The Morgan fingerprint density at radius 2 is 2.06 bits per heavy atom. The molecule has 0 saturated heterocycles. The Bertz CT molecular complexity index is 362. The number of nitrogens with zero attached hydrogens (tertiary/aromatic N) is 1. The van der Waals surface area contributed by atoms with Gasteiger partial charge in [-0.1, -0.05) is 28.1 Å². The summed E-state index contributed by atoms with van der Waals surface area (Å²) in [5.41, 5.74) is 2.27. The number of hydrogen-bond acceptors (Lipinski definition) is 3. The summed E-state index contributed by atoms with van der Waals surface area (Å²) in [6, 6.07) is 6.14. The fraction of sp³-hybridized carbons (Fsp3) is 0.417. The maximum absolute atomic E-state index is 5.04. The molecule has 1 aromatic carbocycles. The van der Waals surface area contributed by atoms with Crippen molar-refractivity contribution in [3.8, 4) is 0 Å². The second-order valence-corrected chi connectivity index (χ2v) is 4.27. The topological polar surface area (TPSA) is 30.8 Å². The van der Waals surface area contributed by atoms with Gasteiger partial charge in [0, 0.05) is 30.5 Å². The second-order valence-electron chi connectivity index (χ2n) is 3.42. The van der Waals surface area contributed by atoms with E-state index in [1.165, 1.54) is 5.56 Å². The Hall–Kier alpha value is -0.710. The van der Waals surface area contributed by atoms with E-state index in [0.717, 1.165) is 10.0 Å². The first-order valence-electron chi connectivity index (χ1n) is 4.99. The van der Waals surface area contributed by atoms with E-state index < -0.39 is 0 Å². The standard InChI is InChI=1S/C12H16BrNO2/c1-9-4-5-10(11(13)6-9)7-14-8-12(15-2)16-3/h4-7,12H,8H2,1-3H3. The van der Waals surface area contributed by atoms with Crippen molar-refractivity contribution in [3.05, 3.63) is 33.8 Å². The van der Waals surface area contributed by atoms with Crippen LogP contribution in [0, 0.1) is 6.92 Å². The third-order valence-corrected chi connectivity index (χ3v) is 2.85. The van der Waals surface area contributed by atoms with Gasteiger partial charge in [0.1, 0.15) is 0 Å². The number of methoxy groups -OCH3 is 2. The highest BCUT2D eigenvalue weighted by Crippen LogP contribution is 2.16. The molecule has 0 atom stereocenters. The third kappa shape index (κ3) is 4.04. The summed E-state index contributed by atoms with van der Waals surface area (Å²) in [6.45, 7) is 2.55. The van der Waals surface area contributed by atoms with Crippen LogP contribution in [0.5, 0.6) is 0 Å². The molecule has 3 nitrogen and oxygen atoms in total. The smallest absolute Gasteiger partial charge is 0.176 e. The molecule has 0 aliphatic heterocycles. The molecule has 0 aliphatic carbocycles. The van der Waals surface area contributed by atoms with E-state index in [1.807, 2.05) is 12.3 Å². The van der Waals surface area contributed by atoms with E-state index in [0.29, 0.717) is 6.54 Å². The molecule has 0 spiro atoms. The van der Waals surface area contributed by atoms with E-state index >= 15 is 0 Å². The number of aliphatic imine (C=N–C) groups is 1. The van der Waals surface area contributed by atoms with Gasteiger partial charge in [-0.25, -0.2) is 0 Å². The first-order chi connectivity index (χ1) is 7.67. The van der Waals surface area contributed by atoms with Crippen molar-refractivity contribution < 1.29 is 9.47 Å². The molecule has 0 aliphatic rings. The number of ether oxygens (including phenoxy) is 2. The summed E-state index contributed by atoms with van der Waals surface area (Å²) in [7, 11) is 3.21. The van der Waals surface area contributed by atoms with Crippen LogP contribution in [-0.2, 0) is 9.47 Å². The van der Waals surface area contributed by atoms with Crippen LogP contribution < -0.4 is 0 Å². The molecule has 0 fully saturated rings. The van der Waals surface area contributed by atoms with Crippen LogP contribution in [0.2, 0.25) is 0 Å². The highest BCUT2D eigenvalue weighted by atomic mass is 79.9. The molecule has 0 radical (unpaired) electrons. The average Bonchev–Trinajstić information content (AvgIpc) is 2.27. The van der Waals surface area contributed by atoms with Crippen molar-refractivity contribution in [2.24, 2.45) is 4.99 Å². The lowest BCUT2D eigenvalue weighted by atomic mass is 10.2. The Balaban J connectivity index is 2.62. The molecule has 88 valence electrons. The fourth-order valence-corrected chi connectivity index (χ4v) is 1.81. The first kappa shape index (κ1) is 13.4. The molecular formula is C12H16BrNO2. The van der Waals surface area contributed by atoms with Gasteiger partial charge in [0.15, 0.2) is 6.29 Å². The summed E-state index contributed by atoms with van der Waals surface area (Å²) in [5.74, 6) is 0. The predicted octanol–water partition coefficient (Wildman–Crippen LogP) is 2.80. The molecule has 0 heterocycles. The average molecular weight is 286 g/mol. The largest absolute Gasteiger partial charge is 0.354 e. The minimum Gasteiger partial charge on any atom is -0.354 e. The molecule has 16 heavy (non-hydrogen) atoms. The molecule has 1 rings (SSSR count). The van der Waals surface area contributed by atoms with Crippen molar-refractivity contribution >= 4 is 22.1 Å². The lowest BCUT2D eigenvalue weighted by molar-refractivity contribution is -0.0936. The summed E-state index contributed by atoms with van der Waals surface area (Å²) >= 11 is 3.49. The quantitative estimate of drug-likeness (QED) is 0.615. The maximum Gasteiger partial charge on any atom is 0.176 e. The van der Waals surface area contributed by atoms with Crippen molar-refractivity contribution in [3.63, 3.8) is 0 Å². The van der Waals surface area contributed by atoms with Gasteiger partial charge in [0.2, 0.25) is 0 Å². The molecule has 0 amide bonds. The molecule has 0 saturated carbocycles. The lowest BCUT2D eigenvalue weighted by Gasteiger charge is -2.09. The summed E-state index contributed by atoms with van der Waals surface area (Å²) in [5, 5.41) is 0. The minimum atomic E-state index is -0.277. The van der Waals surface area contributed by atoms with Crippen molar-refractivity contribution in [1.82, 2.24) is 0 Å². The Labute approximate surface area is 105 Å². The van der Waals surface area contributed by atoms with E-state index in [2.05, 4.69) is 40.0 Å². The number of aryl methyl sites for hydroxylation is 1. The summed E-state index contributed by atoms with van der Waals surface area (Å²) in [6.07, 6.45) is 1.54. The van der Waals surface area contributed by atoms with Crippen LogP contribution in [0.4, 0.5) is 0 Å². The van der Waals surface area contributed by atoms with E-state index in [4.69, 9.17) is 9.47 Å². The zero-order valence-electron chi connectivity index (χ0n) is 9.74. The summed E-state index contributed by atoms with van der Waals surface area (Å²) in [4.78, 5) is 4.27. The van der Waals surface area contributed by atoms with Crippen molar-refractivity contribution in [2.75, 3.05) is 20.8 Å². The fourth-order valence-electron chi connectivity index (χ4n) is 1.22. The van der Waals surface area contributed by atoms with Crippen molar-refractivity contribution in [2.45, 2.75) is 13.2 Å². The summed E-state index contributed by atoms with van der Waals surface area (Å²) < 4.78 is 11.1. The van der Waals surface area contributed by atoms with Gasteiger partial charge in [-0.15, -0.1) is 0 Å². The number of benzene rings is 1. The molecule has 1 aromatic rings. The van der Waals surface area contributed by atoms with E-state index in [-0.39, 0.29) is 6.29 Å². The Morgan fingerprint density at radius 1 is 1.38 bits per heavy atom. The van der Waals surface area contributed by atoms with Gasteiger partial charge in [-0.3, -0.25) is 4.99 Å². The monoisotopic (exact) mass is 285 g/mol. The minimum absolute atomic E-state index is 0.277. The zero-order chi connectivity index (χ0) is 12.0. The van der Waals surface area contributed by atoms with Crippen LogP contribution in [0.3, 0.4) is 0 Å². The van der Waals surface area contributed by atoms with Crippen LogP contribution in [0.25, 0.3) is 0 Å². The van der Waals surface area contributed by atoms with Crippen LogP contribution in [0.1, 0.15) is 11.1 Å². The Kier molecular flexibility index (Phi) is 5.66. The lowest BCUT2D eigenvalue weighted by Crippen LogP contribution is -2.16. The van der Waals surface area contributed by atoms with Gasteiger partial charge in [-0.2, -0.15) is 0 Å². The molecule has 0 N–H and O–H groups in total. The van der Waals surface area contributed by atoms with Gasteiger partial charge in [0.25, 0.3) is 0 Å². The molecule has 0 unspecified atom stereocenters. The van der Waals surface area contributed by atoms with Gasteiger partial charge in [0.05, 0.1) is 6.54 Å². The molecular weight excluding hydrogens is 270 g/mol. The number of halogens is 1. The van der Waals surface area contributed by atoms with E-state index in [1.54, 1.807) is 14.2 Å². The first-order valence-corrected chi connectivity index (χ1v) is 5.78. The normalized spacial score (nSPS) is 11.6. The molecule has 0 aromatic heterocycles. The van der Waals surface area contributed by atoms with Crippen LogP contribution in [0.15, 0.2) is 27.7 Å². The predicted molar refractivity (Wildman–Crippen MR) is 69.1 cm³/mol. The number of rotatable bonds is 5. The van der Waals surface area contributed by atoms with Crippen LogP contribution >= 0.6 is 15.9 Å². The molecule has 4 heteroatoms. The highest BCUT2D eigenvalue weighted by molar-refractivity contribution is 9.10. The third-order valence-electron chi connectivity index (χ3n) is 2.17. The van der Waals surface area contributed by atoms with E-state index in [9.17, 15) is 0 Å².